The topological polar surface area (TPSA) is 51.2 Å². The van der Waals surface area contributed by atoms with Crippen molar-refractivity contribution in [1.82, 2.24) is 9.80 Å². The molecule has 0 spiro atoms. The van der Waals surface area contributed by atoms with Crippen molar-refractivity contribution in [3.63, 3.8) is 0 Å². The Balaban J connectivity index is 1.29. The van der Waals surface area contributed by atoms with E-state index in [4.69, 9.17) is 14.2 Å². The summed E-state index contributed by atoms with van der Waals surface area (Å²) in [5, 5.41) is 0. The Kier molecular flexibility index (Phi) is 5.67. The lowest BCUT2D eigenvalue weighted by Crippen LogP contribution is -2.47. The van der Waals surface area contributed by atoms with Gasteiger partial charge < -0.3 is 19.1 Å². The standard InChI is InChI=1S/C22H23FN2O4/c1-27-19-5-3-17(12-18(19)23)14-24-8-10-25(11-9-24)22(26)7-4-16-2-6-20-21(13-16)29-15-28-20/h2-7,12-13H,8-11,14-15H2,1H3. The highest BCUT2D eigenvalue weighted by Crippen LogP contribution is 2.32. The fourth-order valence-electron chi connectivity index (χ4n) is 3.48. The second kappa shape index (κ2) is 8.53. The number of hydrogen-bond acceptors (Lipinski definition) is 5. The molecule has 2 aromatic rings. The molecule has 0 unspecified atom stereocenters. The van der Waals surface area contributed by atoms with Crippen molar-refractivity contribution in [1.29, 1.82) is 0 Å². The van der Waals surface area contributed by atoms with Gasteiger partial charge in [0.1, 0.15) is 0 Å². The summed E-state index contributed by atoms with van der Waals surface area (Å²) in [6, 6.07) is 10.6. The molecule has 6 nitrogen and oxygen atoms in total. The van der Waals surface area contributed by atoms with E-state index in [1.807, 2.05) is 29.2 Å². The number of amides is 1. The van der Waals surface area contributed by atoms with E-state index in [0.29, 0.717) is 25.4 Å². The quantitative estimate of drug-likeness (QED) is 0.725. The van der Waals surface area contributed by atoms with Gasteiger partial charge in [-0.25, -0.2) is 4.39 Å². The van der Waals surface area contributed by atoms with Gasteiger partial charge in [-0.2, -0.15) is 0 Å². The molecule has 2 heterocycles. The molecule has 0 radical (unpaired) electrons. The minimum absolute atomic E-state index is 0.0159. The molecule has 7 heteroatoms. The Bertz CT molecular complexity index is 923. The van der Waals surface area contributed by atoms with Crippen LogP contribution in [0.3, 0.4) is 0 Å². The van der Waals surface area contributed by atoms with Crippen LogP contribution in [0.1, 0.15) is 11.1 Å². The van der Waals surface area contributed by atoms with E-state index in [9.17, 15) is 9.18 Å². The lowest BCUT2D eigenvalue weighted by atomic mass is 10.1. The van der Waals surface area contributed by atoms with E-state index in [1.165, 1.54) is 13.2 Å². The van der Waals surface area contributed by atoms with E-state index in [-0.39, 0.29) is 24.3 Å². The molecule has 0 atom stereocenters. The van der Waals surface area contributed by atoms with Crippen molar-refractivity contribution in [2.45, 2.75) is 6.54 Å². The van der Waals surface area contributed by atoms with Crippen LogP contribution >= 0.6 is 0 Å². The maximum atomic E-state index is 13.9. The first-order valence-corrected chi connectivity index (χ1v) is 9.54. The van der Waals surface area contributed by atoms with Gasteiger partial charge in [0, 0.05) is 38.8 Å². The lowest BCUT2D eigenvalue weighted by molar-refractivity contribution is -0.127. The number of methoxy groups -OCH3 is 1. The Morgan fingerprint density at radius 3 is 2.66 bits per heavy atom. The summed E-state index contributed by atoms with van der Waals surface area (Å²) in [7, 11) is 1.45. The first kappa shape index (κ1) is 19.3. The maximum Gasteiger partial charge on any atom is 0.246 e. The zero-order chi connectivity index (χ0) is 20.2. The summed E-state index contributed by atoms with van der Waals surface area (Å²) < 4.78 is 29.5. The molecule has 4 rings (SSSR count). The molecular formula is C22H23FN2O4. The summed E-state index contributed by atoms with van der Waals surface area (Å²) in [5.74, 6) is 1.30. The van der Waals surface area contributed by atoms with Crippen molar-refractivity contribution in [3.05, 3.63) is 59.4 Å². The van der Waals surface area contributed by atoms with Crippen molar-refractivity contribution in [3.8, 4) is 17.2 Å². The number of piperazine rings is 1. The molecule has 0 aliphatic carbocycles. The fraction of sp³-hybridized carbons (Fsp3) is 0.318. The van der Waals surface area contributed by atoms with Crippen LogP contribution in [0, 0.1) is 5.82 Å². The van der Waals surface area contributed by atoms with E-state index in [0.717, 1.165) is 30.0 Å². The molecular weight excluding hydrogens is 375 g/mol. The zero-order valence-electron chi connectivity index (χ0n) is 16.3. The number of carbonyl (C=O) groups is 1. The Morgan fingerprint density at radius 2 is 1.90 bits per heavy atom. The summed E-state index contributed by atoms with van der Waals surface area (Å²) >= 11 is 0. The number of nitrogens with zero attached hydrogens (tertiary/aromatic N) is 2. The third-order valence-corrected chi connectivity index (χ3v) is 5.12. The SMILES string of the molecule is COc1ccc(CN2CCN(C(=O)C=Cc3ccc4c(c3)OCO4)CC2)cc1F. The molecule has 152 valence electrons. The summed E-state index contributed by atoms with van der Waals surface area (Å²) in [6.45, 7) is 3.66. The highest BCUT2D eigenvalue weighted by Gasteiger charge is 2.20. The predicted molar refractivity (Wildman–Crippen MR) is 106 cm³/mol. The molecule has 2 aromatic carbocycles. The van der Waals surface area contributed by atoms with E-state index < -0.39 is 0 Å². The van der Waals surface area contributed by atoms with Gasteiger partial charge in [-0.3, -0.25) is 9.69 Å². The summed E-state index contributed by atoms with van der Waals surface area (Å²) in [4.78, 5) is 16.5. The number of halogens is 1. The van der Waals surface area contributed by atoms with Gasteiger partial charge in [-0.15, -0.1) is 0 Å². The van der Waals surface area contributed by atoms with Crippen LogP contribution in [0.15, 0.2) is 42.5 Å². The van der Waals surface area contributed by atoms with E-state index in [1.54, 1.807) is 18.2 Å². The molecule has 29 heavy (non-hydrogen) atoms. The highest BCUT2D eigenvalue weighted by atomic mass is 19.1. The van der Waals surface area contributed by atoms with Gasteiger partial charge in [0.25, 0.3) is 0 Å². The maximum absolute atomic E-state index is 13.9. The number of ether oxygens (including phenoxy) is 3. The van der Waals surface area contributed by atoms with Crippen LogP contribution < -0.4 is 14.2 Å². The minimum atomic E-state index is -0.354. The van der Waals surface area contributed by atoms with Gasteiger partial charge in [-0.1, -0.05) is 12.1 Å². The number of benzene rings is 2. The van der Waals surface area contributed by atoms with Crippen LogP contribution in [0.4, 0.5) is 4.39 Å². The summed E-state index contributed by atoms with van der Waals surface area (Å²) in [5.41, 5.74) is 1.79. The van der Waals surface area contributed by atoms with Crippen molar-refractivity contribution < 1.29 is 23.4 Å². The zero-order valence-corrected chi connectivity index (χ0v) is 16.3. The van der Waals surface area contributed by atoms with Gasteiger partial charge >= 0.3 is 0 Å². The smallest absolute Gasteiger partial charge is 0.246 e. The number of carbonyl (C=O) groups excluding carboxylic acids is 1. The molecule has 2 aliphatic heterocycles. The largest absolute Gasteiger partial charge is 0.494 e. The highest BCUT2D eigenvalue weighted by molar-refractivity contribution is 5.92. The van der Waals surface area contributed by atoms with Gasteiger partial charge in [0.2, 0.25) is 12.7 Å². The van der Waals surface area contributed by atoms with Crippen molar-refractivity contribution >= 4 is 12.0 Å². The molecule has 1 saturated heterocycles. The monoisotopic (exact) mass is 398 g/mol. The Hall–Kier alpha value is -3.06. The number of fused-ring (bicyclic) bond motifs is 1. The average Bonchev–Trinajstić information content (AvgIpc) is 3.20. The first-order chi connectivity index (χ1) is 14.1. The van der Waals surface area contributed by atoms with Crippen molar-refractivity contribution in [2.24, 2.45) is 0 Å². The van der Waals surface area contributed by atoms with Crippen LogP contribution in [0.2, 0.25) is 0 Å². The first-order valence-electron chi connectivity index (χ1n) is 9.54. The third kappa shape index (κ3) is 4.51. The average molecular weight is 398 g/mol. The molecule has 1 fully saturated rings. The van der Waals surface area contributed by atoms with Gasteiger partial charge in [0.15, 0.2) is 23.1 Å². The number of rotatable bonds is 5. The van der Waals surface area contributed by atoms with Gasteiger partial charge in [0.05, 0.1) is 7.11 Å². The number of hydrogen-bond donors (Lipinski definition) is 0. The van der Waals surface area contributed by atoms with E-state index in [2.05, 4.69) is 4.90 Å². The van der Waals surface area contributed by atoms with Crippen LogP contribution in [-0.4, -0.2) is 55.8 Å². The van der Waals surface area contributed by atoms with Crippen LogP contribution in [-0.2, 0) is 11.3 Å². The van der Waals surface area contributed by atoms with E-state index >= 15 is 0 Å². The normalized spacial score (nSPS) is 16.4. The molecule has 1 amide bonds. The second-order valence-electron chi connectivity index (χ2n) is 7.02. The molecule has 0 N–H and O–H groups in total. The molecule has 0 saturated carbocycles. The predicted octanol–water partition coefficient (Wildman–Crippen LogP) is 2.92. The Morgan fingerprint density at radius 1 is 1.10 bits per heavy atom. The minimum Gasteiger partial charge on any atom is -0.494 e. The van der Waals surface area contributed by atoms with Crippen LogP contribution in [0.5, 0.6) is 17.2 Å². The van der Waals surface area contributed by atoms with Crippen LogP contribution in [0.25, 0.3) is 6.08 Å². The van der Waals surface area contributed by atoms with Crippen molar-refractivity contribution in [2.75, 3.05) is 40.1 Å². The molecule has 0 bridgehead atoms. The second-order valence-corrected chi connectivity index (χ2v) is 7.02. The Labute approximate surface area is 169 Å². The molecule has 0 aromatic heterocycles. The van der Waals surface area contributed by atoms with Gasteiger partial charge in [-0.05, 0) is 41.5 Å². The lowest BCUT2D eigenvalue weighted by Gasteiger charge is -2.34. The third-order valence-electron chi connectivity index (χ3n) is 5.12. The fourth-order valence-corrected chi connectivity index (χ4v) is 3.48. The molecule has 2 aliphatic rings. The summed E-state index contributed by atoms with van der Waals surface area (Å²) in [6.07, 6.45) is 3.38.